The van der Waals surface area contributed by atoms with Crippen LogP contribution in [-0.2, 0) is 9.47 Å². The molecule has 0 atom stereocenters. The number of methoxy groups -OCH3 is 1. The van der Waals surface area contributed by atoms with Gasteiger partial charge in [-0.3, -0.25) is 24.6 Å². The van der Waals surface area contributed by atoms with E-state index in [1.165, 1.54) is 19.2 Å². The van der Waals surface area contributed by atoms with Gasteiger partial charge >= 0.3 is 5.97 Å². The molecule has 1 aliphatic heterocycles. The zero-order valence-electron chi connectivity index (χ0n) is 16.8. The maximum absolute atomic E-state index is 12.3. The molecule has 10 heteroatoms. The van der Waals surface area contributed by atoms with E-state index in [9.17, 15) is 24.5 Å². The number of imide groups is 1. The van der Waals surface area contributed by atoms with Gasteiger partial charge in [0.2, 0.25) is 0 Å². The highest BCUT2D eigenvalue weighted by Gasteiger charge is 2.34. The van der Waals surface area contributed by atoms with Crippen LogP contribution in [0.1, 0.15) is 37.5 Å². The lowest BCUT2D eigenvalue weighted by atomic mass is 10.1. The van der Waals surface area contributed by atoms with Crippen LogP contribution in [-0.4, -0.2) is 61.0 Å². The first kappa shape index (κ1) is 21.9. The van der Waals surface area contributed by atoms with Crippen molar-refractivity contribution in [1.82, 2.24) is 4.90 Å². The Morgan fingerprint density at radius 3 is 2.39 bits per heavy atom. The summed E-state index contributed by atoms with van der Waals surface area (Å²) in [5.41, 5.74) is 0.762. The van der Waals surface area contributed by atoms with Gasteiger partial charge in [-0.05, 0) is 30.7 Å². The topological polar surface area (TPSA) is 128 Å². The summed E-state index contributed by atoms with van der Waals surface area (Å²) in [7, 11) is 1.52. The summed E-state index contributed by atoms with van der Waals surface area (Å²) in [4.78, 5) is 48.7. The minimum absolute atomic E-state index is 0.0321. The number of anilines is 1. The van der Waals surface area contributed by atoms with Crippen molar-refractivity contribution in [2.24, 2.45) is 0 Å². The van der Waals surface area contributed by atoms with Gasteiger partial charge in [-0.15, -0.1) is 0 Å². The summed E-state index contributed by atoms with van der Waals surface area (Å²) in [5, 5.41) is 14.2. The zero-order chi connectivity index (χ0) is 22.4. The minimum atomic E-state index is -0.728. The molecular weight excluding hydrogens is 406 g/mol. The van der Waals surface area contributed by atoms with Crippen molar-refractivity contribution < 1.29 is 28.8 Å². The fraction of sp³-hybridized carbons (Fsp3) is 0.286. The lowest BCUT2D eigenvalue weighted by Gasteiger charge is -2.13. The molecule has 0 fully saturated rings. The van der Waals surface area contributed by atoms with Gasteiger partial charge in [-0.2, -0.15) is 0 Å². The molecule has 1 heterocycles. The summed E-state index contributed by atoms with van der Waals surface area (Å²) in [6.45, 7) is 0.795. The number of fused-ring (bicyclic) bond motifs is 1. The van der Waals surface area contributed by atoms with Crippen molar-refractivity contribution in [3.8, 4) is 0 Å². The first-order valence-corrected chi connectivity index (χ1v) is 9.57. The van der Waals surface area contributed by atoms with Gasteiger partial charge in [0.15, 0.2) is 0 Å². The first-order valence-electron chi connectivity index (χ1n) is 9.57. The molecule has 3 rings (SSSR count). The molecule has 0 aliphatic carbocycles. The Labute approximate surface area is 177 Å². The van der Waals surface area contributed by atoms with Gasteiger partial charge in [0.1, 0.15) is 5.69 Å². The van der Waals surface area contributed by atoms with Crippen LogP contribution in [0.5, 0.6) is 0 Å². The Morgan fingerprint density at radius 1 is 1.10 bits per heavy atom. The summed E-state index contributed by atoms with van der Waals surface area (Å²) >= 11 is 0. The Hall–Kier alpha value is -3.79. The SMILES string of the molecule is COCCNc1ccc(C(=O)OCCCN2C(=O)c3ccccc3C2=O)cc1[N+](=O)[O-]. The van der Waals surface area contributed by atoms with Crippen LogP contribution in [0.15, 0.2) is 42.5 Å². The van der Waals surface area contributed by atoms with Gasteiger partial charge in [0, 0.05) is 26.3 Å². The van der Waals surface area contributed by atoms with Gasteiger partial charge < -0.3 is 14.8 Å². The quantitative estimate of drug-likeness (QED) is 0.201. The fourth-order valence-corrected chi connectivity index (χ4v) is 3.16. The number of hydrogen-bond acceptors (Lipinski definition) is 8. The van der Waals surface area contributed by atoms with E-state index in [1.807, 2.05) is 0 Å². The molecular formula is C21H21N3O7. The van der Waals surface area contributed by atoms with Crippen molar-refractivity contribution in [3.63, 3.8) is 0 Å². The Kier molecular flexibility index (Phi) is 6.93. The fourth-order valence-electron chi connectivity index (χ4n) is 3.16. The van der Waals surface area contributed by atoms with E-state index in [0.717, 1.165) is 11.0 Å². The molecule has 1 aliphatic rings. The Balaban J connectivity index is 1.54. The lowest BCUT2D eigenvalue weighted by Crippen LogP contribution is -2.31. The molecule has 0 unspecified atom stereocenters. The van der Waals surface area contributed by atoms with Crippen LogP contribution in [0.4, 0.5) is 11.4 Å². The maximum atomic E-state index is 12.3. The number of esters is 1. The number of nitrogens with zero attached hydrogens (tertiary/aromatic N) is 2. The summed E-state index contributed by atoms with van der Waals surface area (Å²) < 4.78 is 10.1. The molecule has 10 nitrogen and oxygen atoms in total. The predicted molar refractivity (Wildman–Crippen MR) is 110 cm³/mol. The molecule has 1 N–H and O–H groups in total. The number of nitro groups is 1. The van der Waals surface area contributed by atoms with E-state index in [2.05, 4.69) is 5.32 Å². The van der Waals surface area contributed by atoms with E-state index < -0.39 is 10.9 Å². The molecule has 0 aromatic heterocycles. The molecule has 0 radical (unpaired) electrons. The number of hydrogen-bond donors (Lipinski definition) is 1. The summed E-state index contributed by atoms with van der Waals surface area (Å²) in [6, 6.07) is 10.6. The molecule has 162 valence electrons. The zero-order valence-corrected chi connectivity index (χ0v) is 16.8. The number of carbonyl (C=O) groups is 3. The minimum Gasteiger partial charge on any atom is -0.462 e. The van der Waals surface area contributed by atoms with E-state index in [4.69, 9.17) is 9.47 Å². The van der Waals surface area contributed by atoms with Gasteiger partial charge in [-0.1, -0.05) is 12.1 Å². The standard InChI is InChI=1S/C21H21N3O7/c1-30-12-9-22-17-8-7-14(13-18(17)24(28)29)21(27)31-11-4-10-23-19(25)15-5-2-3-6-16(15)20(23)26/h2-3,5-8,13,22H,4,9-12H2,1H3. The van der Waals surface area contributed by atoms with Crippen molar-refractivity contribution in [2.45, 2.75) is 6.42 Å². The third kappa shape index (κ3) is 4.86. The normalized spacial score (nSPS) is 12.6. The number of nitro benzene ring substituents is 1. The molecule has 2 amide bonds. The molecule has 2 aromatic rings. The Morgan fingerprint density at radius 2 is 1.77 bits per heavy atom. The average molecular weight is 427 g/mol. The van der Waals surface area contributed by atoms with Crippen LogP contribution in [0.25, 0.3) is 0 Å². The monoisotopic (exact) mass is 427 g/mol. The number of nitrogens with one attached hydrogen (secondary N) is 1. The van der Waals surface area contributed by atoms with Crippen molar-refractivity contribution in [2.75, 3.05) is 38.7 Å². The molecule has 0 saturated carbocycles. The first-order chi connectivity index (χ1) is 14.9. The van der Waals surface area contributed by atoms with Gasteiger partial charge in [0.25, 0.3) is 17.5 Å². The van der Waals surface area contributed by atoms with Gasteiger partial charge in [0.05, 0.1) is 34.8 Å². The van der Waals surface area contributed by atoms with E-state index in [-0.39, 0.29) is 48.3 Å². The molecule has 0 saturated heterocycles. The van der Waals surface area contributed by atoms with E-state index in [1.54, 1.807) is 24.3 Å². The van der Waals surface area contributed by atoms with Crippen LogP contribution in [0.2, 0.25) is 0 Å². The second-order valence-corrected chi connectivity index (χ2v) is 6.71. The highest BCUT2D eigenvalue weighted by molar-refractivity contribution is 6.21. The number of carbonyl (C=O) groups excluding carboxylic acids is 3. The predicted octanol–water partition coefficient (Wildman–Crippen LogP) is 2.50. The highest BCUT2D eigenvalue weighted by Crippen LogP contribution is 2.26. The second kappa shape index (κ2) is 9.81. The summed E-state index contributed by atoms with van der Waals surface area (Å²) in [5.74, 6) is -1.48. The maximum Gasteiger partial charge on any atom is 0.338 e. The second-order valence-electron chi connectivity index (χ2n) is 6.71. The molecule has 0 spiro atoms. The molecule has 2 aromatic carbocycles. The van der Waals surface area contributed by atoms with Crippen LogP contribution in [0, 0.1) is 10.1 Å². The number of benzene rings is 2. The Bertz CT molecular complexity index is 987. The molecule has 31 heavy (non-hydrogen) atoms. The lowest BCUT2D eigenvalue weighted by molar-refractivity contribution is -0.384. The van der Waals surface area contributed by atoms with Crippen molar-refractivity contribution in [3.05, 3.63) is 69.3 Å². The smallest absolute Gasteiger partial charge is 0.338 e. The number of amides is 2. The number of rotatable bonds is 10. The molecule has 0 bridgehead atoms. The van der Waals surface area contributed by atoms with Crippen molar-refractivity contribution >= 4 is 29.2 Å². The third-order valence-corrected chi connectivity index (χ3v) is 4.69. The average Bonchev–Trinajstić information content (AvgIpc) is 3.01. The third-order valence-electron chi connectivity index (χ3n) is 4.69. The van der Waals surface area contributed by atoms with E-state index >= 15 is 0 Å². The van der Waals surface area contributed by atoms with Crippen LogP contribution < -0.4 is 5.32 Å². The van der Waals surface area contributed by atoms with Gasteiger partial charge in [-0.25, -0.2) is 4.79 Å². The largest absolute Gasteiger partial charge is 0.462 e. The van der Waals surface area contributed by atoms with Crippen LogP contribution >= 0.6 is 0 Å². The van der Waals surface area contributed by atoms with Crippen molar-refractivity contribution in [1.29, 1.82) is 0 Å². The highest BCUT2D eigenvalue weighted by atomic mass is 16.6. The number of ether oxygens (including phenoxy) is 2. The van der Waals surface area contributed by atoms with E-state index in [0.29, 0.717) is 24.3 Å². The summed E-state index contributed by atoms with van der Waals surface area (Å²) in [6.07, 6.45) is 0.246. The van der Waals surface area contributed by atoms with Crippen LogP contribution in [0.3, 0.4) is 0 Å².